The fourth-order valence-corrected chi connectivity index (χ4v) is 2.05. The van der Waals surface area contributed by atoms with E-state index in [0.717, 1.165) is 22.0 Å². The summed E-state index contributed by atoms with van der Waals surface area (Å²) >= 11 is 1.51. The van der Waals surface area contributed by atoms with E-state index in [1.54, 1.807) is 12.3 Å². The molecular formula is C13H12N4S. The van der Waals surface area contributed by atoms with Crippen molar-refractivity contribution in [1.82, 2.24) is 4.98 Å². The third-order valence-corrected chi connectivity index (χ3v) is 3.26. The maximum Gasteiger partial charge on any atom is 0.203 e. The molecule has 0 unspecified atom stereocenters. The summed E-state index contributed by atoms with van der Waals surface area (Å²) in [7, 11) is 0. The second-order valence-corrected chi connectivity index (χ2v) is 4.71. The summed E-state index contributed by atoms with van der Waals surface area (Å²) in [6.45, 7) is 3.92. The summed E-state index contributed by atoms with van der Waals surface area (Å²) in [5.74, 6) is 0. The van der Waals surface area contributed by atoms with Crippen molar-refractivity contribution in [2.45, 2.75) is 13.8 Å². The zero-order chi connectivity index (χ0) is 13.0. The first kappa shape index (κ1) is 12.3. The van der Waals surface area contributed by atoms with E-state index in [4.69, 9.17) is 5.26 Å². The number of hydrogen-bond donors (Lipinski definition) is 1. The van der Waals surface area contributed by atoms with Crippen LogP contribution in [0.5, 0.6) is 0 Å². The highest BCUT2D eigenvalue weighted by Gasteiger charge is 1.98. The zero-order valence-corrected chi connectivity index (χ0v) is 11.0. The summed E-state index contributed by atoms with van der Waals surface area (Å²) in [6, 6.07) is 7.63. The molecule has 1 aromatic carbocycles. The first-order chi connectivity index (χ1) is 8.69. The number of rotatable bonds is 3. The van der Waals surface area contributed by atoms with E-state index in [9.17, 15) is 0 Å². The quantitative estimate of drug-likeness (QED) is 0.678. The minimum Gasteiger partial charge on any atom is -0.253 e. The topological polar surface area (TPSA) is 61.1 Å². The Labute approximate surface area is 110 Å². The van der Waals surface area contributed by atoms with E-state index in [0.29, 0.717) is 5.56 Å². The Hall–Kier alpha value is -2.19. The molecule has 0 amide bonds. The first-order valence-electron chi connectivity index (χ1n) is 5.41. The van der Waals surface area contributed by atoms with E-state index < -0.39 is 0 Å². The van der Waals surface area contributed by atoms with Crippen LogP contribution in [0.4, 0.5) is 5.13 Å². The maximum absolute atomic E-state index is 8.84. The highest BCUT2D eigenvalue weighted by Crippen LogP contribution is 2.14. The SMILES string of the molecule is Cc1csc(NN=Cc2cc(C#N)ccc2C)n1. The van der Waals surface area contributed by atoms with Gasteiger partial charge in [0.05, 0.1) is 23.5 Å². The molecule has 0 aliphatic heterocycles. The van der Waals surface area contributed by atoms with Gasteiger partial charge in [0, 0.05) is 5.38 Å². The van der Waals surface area contributed by atoms with Crippen LogP contribution in [0.15, 0.2) is 28.7 Å². The van der Waals surface area contributed by atoms with Gasteiger partial charge in [-0.25, -0.2) is 4.98 Å². The number of anilines is 1. The van der Waals surface area contributed by atoms with Crippen LogP contribution in [0.3, 0.4) is 0 Å². The molecule has 1 N–H and O–H groups in total. The standard InChI is InChI=1S/C13H12N4S/c1-9-3-4-11(6-14)5-12(9)7-15-17-13-16-10(2)8-18-13/h3-5,7-8H,1-2H3,(H,16,17). The Balaban J connectivity index is 2.11. The molecule has 2 aromatic rings. The number of aromatic nitrogens is 1. The average Bonchev–Trinajstić information content (AvgIpc) is 2.77. The van der Waals surface area contributed by atoms with Gasteiger partial charge in [-0.1, -0.05) is 6.07 Å². The summed E-state index contributed by atoms with van der Waals surface area (Å²) in [5.41, 5.74) is 6.48. The van der Waals surface area contributed by atoms with Crippen LogP contribution in [0.2, 0.25) is 0 Å². The molecular weight excluding hydrogens is 244 g/mol. The molecule has 0 aliphatic rings. The van der Waals surface area contributed by atoms with Gasteiger partial charge in [-0.2, -0.15) is 10.4 Å². The molecule has 0 saturated heterocycles. The molecule has 5 heteroatoms. The number of hydrogen-bond acceptors (Lipinski definition) is 5. The average molecular weight is 256 g/mol. The Morgan fingerprint density at radius 2 is 2.28 bits per heavy atom. The lowest BCUT2D eigenvalue weighted by Gasteiger charge is -2.00. The number of hydrazone groups is 1. The second kappa shape index (κ2) is 5.43. The van der Waals surface area contributed by atoms with Crippen molar-refractivity contribution in [3.63, 3.8) is 0 Å². The van der Waals surface area contributed by atoms with Crippen molar-refractivity contribution in [3.8, 4) is 6.07 Å². The lowest BCUT2D eigenvalue weighted by molar-refractivity contribution is 1.22. The number of nitriles is 1. The molecule has 0 fully saturated rings. The normalized spacial score (nSPS) is 10.5. The predicted molar refractivity (Wildman–Crippen MR) is 74.0 cm³/mol. The monoisotopic (exact) mass is 256 g/mol. The van der Waals surface area contributed by atoms with Crippen molar-refractivity contribution in [3.05, 3.63) is 46.0 Å². The Morgan fingerprint density at radius 1 is 1.44 bits per heavy atom. The molecule has 1 heterocycles. The van der Waals surface area contributed by atoms with Crippen LogP contribution in [-0.2, 0) is 0 Å². The first-order valence-corrected chi connectivity index (χ1v) is 6.29. The van der Waals surface area contributed by atoms with E-state index in [2.05, 4.69) is 21.6 Å². The Bertz CT molecular complexity index is 622. The molecule has 90 valence electrons. The van der Waals surface area contributed by atoms with Crippen LogP contribution in [0, 0.1) is 25.2 Å². The van der Waals surface area contributed by atoms with Gasteiger partial charge in [0.1, 0.15) is 0 Å². The highest BCUT2D eigenvalue weighted by molar-refractivity contribution is 7.13. The fraction of sp³-hybridized carbons (Fsp3) is 0.154. The van der Waals surface area contributed by atoms with Gasteiger partial charge in [-0.15, -0.1) is 11.3 Å². The van der Waals surface area contributed by atoms with Gasteiger partial charge in [-0.05, 0) is 37.1 Å². The zero-order valence-electron chi connectivity index (χ0n) is 10.1. The molecule has 0 aliphatic carbocycles. The van der Waals surface area contributed by atoms with Crippen LogP contribution in [-0.4, -0.2) is 11.2 Å². The van der Waals surface area contributed by atoms with Crippen molar-refractivity contribution >= 4 is 22.7 Å². The summed E-state index contributed by atoms with van der Waals surface area (Å²) < 4.78 is 0. The molecule has 0 radical (unpaired) electrons. The number of nitrogens with zero attached hydrogens (tertiary/aromatic N) is 3. The number of aryl methyl sites for hydroxylation is 2. The van der Waals surface area contributed by atoms with Gasteiger partial charge in [-0.3, -0.25) is 5.43 Å². The molecule has 4 nitrogen and oxygen atoms in total. The molecule has 0 spiro atoms. The Kier molecular flexibility index (Phi) is 3.70. The van der Waals surface area contributed by atoms with Crippen LogP contribution in [0.25, 0.3) is 0 Å². The molecule has 18 heavy (non-hydrogen) atoms. The van der Waals surface area contributed by atoms with E-state index in [1.807, 2.05) is 31.4 Å². The van der Waals surface area contributed by atoms with Crippen LogP contribution >= 0.6 is 11.3 Å². The molecule has 0 bridgehead atoms. The van der Waals surface area contributed by atoms with Crippen LogP contribution < -0.4 is 5.43 Å². The van der Waals surface area contributed by atoms with Gasteiger partial charge >= 0.3 is 0 Å². The highest BCUT2D eigenvalue weighted by atomic mass is 32.1. The lowest BCUT2D eigenvalue weighted by atomic mass is 10.1. The van der Waals surface area contributed by atoms with Crippen molar-refractivity contribution in [2.75, 3.05) is 5.43 Å². The van der Waals surface area contributed by atoms with Gasteiger partial charge in [0.15, 0.2) is 0 Å². The van der Waals surface area contributed by atoms with Crippen molar-refractivity contribution in [1.29, 1.82) is 5.26 Å². The molecule has 1 aromatic heterocycles. The smallest absolute Gasteiger partial charge is 0.203 e. The lowest BCUT2D eigenvalue weighted by Crippen LogP contribution is -1.93. The number of thiazole rings is 1. The summed E-state index contributed by atoms with van der Waals surface area (Å²) in [5, 5.41) is 15.7. The number of nitrogens with one attached hydrogen (secondary N) is 1. The maximum atomic E-state index is 8.84. The molecule has 0 atom stereocenters. The fourth-order valence-electron chi connectivity index (χ4n) is 1.41. The summed E-state index contributed by atoms with van der Waals surface area (Å²) in [6.07, 6.45) is 1.70. The largest absolute Gasteiger partial charge is 0.253 e. The Morgan fingerprint density at radius 3 is 2.94 bits per heavy atom. The predicted octanol–water partition coefficient (Wildman–Crippen LogP) is 3.08. The minimum absolute atomic E-state index is 0.632. The minimum atomic E-state index is 0.632. The molecule has 2 rings (SSSR count). The van der Waals surface area contributed by atoms with E-state index in [1.165, 1.54) is 11.3 Å². The van der Waals surface area contributed by atoms with Gasteiger partial charge < -0.3 is 0 Å². The van der Waals surface area contributed by atoms with E-state index >= 15 is 0 Å². The van der Waals surface area contributed by atoms with Crippen molar-refractivity contribution in [2.24, 2.45) is 5.10 Å². The second-order valence-electron chi connectivity index (χ2n) is 3.85. The third-order valence-electron chi connectivity index (χ3n) is 2.39. The van der Waals surface area contributed by atoms with E-state index in [-0.39, 0.29) is 0 Å². The molecule has 0 saturated carbocycles. The third kappa shape index (κ3) is 2.93. The van der Waals surface area contributed by atoms with Gasteiger partial charge in [0.25, 0.3) is 0 Å². The van der Waals surface area contributed by atoms with Crippen molar-refractivity contribution < 1.29 is 0 Å². The van der Waals surface area contributed by atoms with Gasteiger partial charge in [0.2, 0.25) is 5.13 Å². The van der Waals surface area contributed by atoms with Crippen LogP contribution in [0.1, 0.15) is 22.4 Å². The number of benzene rings is 1. The summed E-state index contributed by atoms with van der Waals surface area (Å²) in [4.78, 5) is 4.24.